The fourth-order valence-corrected chi connectivity index (χ4v) is 8.78. The number of benzene rings is 1. The molecule has 33 heavy (non-hydrogen) atoms. The number of fused-ring (bicyclic) bond motifs is 2. The minimum absolute atomic E-state index is 0.144. The van der Waals surface area contributed by atoms with Crippen LogP contribution in [0.5, 0.6) is 5.75 Å². The van der Waals surface area contributed by atoms with Gasteiger partial charge in [-0.15, -0.1) is 0 Å². The smallest absolute Gasteiger partial charge is 0.115 e. The maximum atomic E-state index is 12.7. The first kappa shape index (κ1) is 20.8. The first-order chi connectivity index (χ1) is 16.0. The second-order valence-electron chi connectivity index (χ2n) is 11.4. The molecule has 2 aromatic rings. The lowest BCUT2D eigenvalue weighted by molar-refractivity contribution is -0.152. The van der Waals surface area contributed by atoms with Crippen molar-refractivity contribution in [2.45, 2.75) is 81.4 Å². The summed E-state index contributed by atoms with van der Waals surface area (Å²) in [5.41, 5.74) is 5.14. The van der Waals surface area contributed by atoms with Crippen molar-refractivity contribution in [3.63, 3.8) is 0 Å². The normalized spacial score (nSPS) is 33.9. The van der Waals surface area contributed by atoms with Crippen molar-refractivity contribution in [2.75, 3.05) is 24.6 Å². The predicted octanol–water partition coefficient (Wildman–Crippen LogP) is 3.77. The Labute approximate surface area is 200 Å². The van der Waals surface area contributed by atoms with Gasteiger partial charge in [0.1, 0.15) is 5.75 Å². The second kappa shape index (κ2) is 7.25. The van der Waals surface area contributed by atoms with E-state index in [0.29, 0.717) is 18.2 Å². The van der Waals surface area contributed by atoms with Crippen molar-refractivity contribution in [1.29, 1.82) is 0 Å². The lowest BCUT2D eigenvalue weighted by Gasteiger charge is -2.63. The molecular formula is C27H35N3O2S. The van der Waals surface area contributed by atoms with E-state index in [1.807, 2.05) is 12.1 Å². The molecule has 5 aliphatic rings. The Morgan fingerprint density at radius 1 is 1.15 bits per heavy atom. The average Bonchev–Trinajstić information content (AvgIpc) is 3.58. The van der Waals surface area contributed by atoms with Gasteiger partial charge in [0.2, 0.25) is 0 Å². The number of hydrogen-bond donors (Lipinski definition) is 2. The molecule has 3 heterocycles. The molecule has 2 N–H and O–H groups in total. The number of nitrogens with zero attached hydrogens (tertiary/aromatic N) is 3. The van der Waals surface area contributed by atoms with Crippen molar-refractivity contribution >= 4 is 11.8 Å². The molecule has 0 spiro atoms. The van der Waals surface area contributed by atoms with Crippen LogP contribution < -0.4 is 0 Å². The lowest BCUT2D eigenvalue weighted by atomic mass is 9.49. The van der Waals surface area contributed by atoms with Gasteiger partial charge in [0, 0.05) is 36.5 Å². The fraction of sp³-hybridized carbons (Fsp3) is 0.667. The molecule has 1 aromatic heterocycles. The number of aryl methyl sites for hydroxylation is 1. The van der Waals surface area contributed by atoms with Crippen LogP contribution in [-0.2, 0) is 24.7 Å². The Kier molecular flexibility index (Phi) is 4.58. The summed E-state index contributed by atoms with van der Waals surface area (Å²) in [7, 11) is 0. The average molecular weight is 466 g/mol. The minimum atomic E-state index is -0.811. The summed E-state index contributed by atoms with van der Waals surface area (Å²) in [5.74, 6) is 3.56. The van der Waals surface area contributed by atoms with E-state index in [4.69, 9.17) is 5.10 Å². The molecule has 0 unspecified atom stereocenters. The summed E-state index contributed by atoms with van der Waals surface area (Å²) in [5, 5.41) is 28.3. The van der Waals surface area contributed by atoms with Crippen molar-refractivity contribution < 1.29 is 10.2 Å². The number of phenols is 1. The molecule has 7 rings (SSSR count). The molecule has 1 saturated carbocycles. The van der Waals surface area contributed by atoms with Gasteiger partial charge in [-0.1, -0.05) is 6.07 Å². The van der Waals surface area contributed by atoms with E-state index < -0.39 is 5.60 Å². The molecule has 1 aromatic carbocycles. The zero-order valence-electron chi connectivity index (χ0n) is 19.6. The third-order valence-electron chi connectivity index (χ3n) is 9.63. The van der Waals surface area contributed by atoms with Crippen LogP contribution in [0.1, 0.15) is 66.2 Å². The van der Waals surface area contributed by atoms with Crippen LogP contribution in [0.15, 0.2) is 18.2 Å². The number of aromatic hydroxyl groups is 1. The zero-order valence-corrected chi connectivity index (χ0v) is 20.4. The highest BCUT2D eigenvalue weighted by Gasteiger charge is 2.65. The second-order valence-corrected chi connectivity index (χ2v) is 12.6. The highest BCUT2D eigenvalue weighted by Crippen LogP contribution is 2.58. The van der Waals surface area contributed by atoms with E-state index in [2.05, 4.69) is 34.3 Å². The first-order valence-corrected chi connectivity index (χ1v) is 14.1. The van der Waals surface area contributed by atoms with Gasteiger partial charge in [0.05, 0.1) is 17.3 Å². The predicted molar refractivity (Wildman–Crippen MR) is 131 cm³/mol. The van der Waals surface area contributed by atoms with Crippen LogP contribution in [0, 0.1) is 12.8 Å². The number of piperidine rings is 1. The number of likely N-dealkylation sites (tertiary alicyclic amines) is 1. The highest BCUT2D eigenvalue weighted by atomic mass is 32.2. The van der Waals surface area contributed by atoms with Gasteiger partial charge in [-0.25, -0.2) is 0 Å². The molecule has 5 nitrogen and oxygen atoms in total. The van der Waals surface area contributed by atoms with Crippen LogP contribution in [0.25, 0.3) is 0 Å². The van der Waals surface area contributed by atoms with Gasteiger partial charge in [-0.2, -0.15) is 16.9 Å². The number of hydrogen-bond acceptors (Lipinski definition) is 5. The molecule has 3 aliphatic carbocycles. The first-order valence-electron chi connectivity index (χ1n) is 12.9. The summed E-state index contributed by atoms with van der Waals surface area (Å²) in [6.45, 7) is 4.32. The summed E-state index contributed by atoms with van der Waals surface area (Å²) in [4.78, 5) is 2.62. The van der Waals surface area contributed by atoms with E-state index in [1.54, 1.807) is 0 Å². The van der Waals surface area contributed by atoms with Gasteiger partial charge >= 0.3 is 0 Å². The zero-order chi connectivity index (χ0) is 22.4. The molecule has 3 atom stereocenters. The molecule has 176 valence electrons. The Morgan fingerprint density at radius 2 is 1.97 bits per heavy atom. The molecule has 0 amide bonds. The van der Waals surface area contributed by atoms with Gasteiger partial charge in [0.15, 0.2) is 0 Å². The van der Waals surface area contributed by atoms with E-state index in [0.717, 1.165) is 44.0 Å². The van der Waals surface area contributed by atoms with Crippen molar-refractivity contribution in [2.24, 2.45) is 5.92 Å². The number of phenolic OH excluding ortho intramolecular Hbond substituents is 1. The molecule has 2 bridgehead atoms. The summed E-state index contributed by atoms with van der Waals surface area (Å²) in [6, 6.07) is 6.56. The van der Waals surface area contributed by atoms with Crippen LogP contribution in [-0.4, -0.2) is 61.1 Å². The molecule has 0 radical (unpaired) electrons. The summed E-state index contributed by atoms with van der Waals surface area (Å²) in [6.07, 6.45) is 8.41. The van der Waals surface area contributed by atoms with E-state index in [9.17, 15) is 10.2 Å². The van der Waals surface area contributed by atoms with Crippen molar-refractivity contribution in [3.05, 3.63) is 46.3 Å². The van der Waals surface area contributed by atoms with E-state index >= 15 is 0 Å². The van der Waals surface area contributed by atoms with Crippen LogP contribution in [0.2, 0.25) is 0 Å². The number of aromatic nitrogens is 2. The van der Waals surface area contributed by atoms with Crippen molar-refractivity contribution in [1.82, 2.24) is 14.7 Å². The molecule has 2 saturated heterocycles. The molecule has 2 aliphatic heterocycles. The Morgan fingerprint density at radius 3 is 2.76 bits per heavy atom. The summed E-state index contributed by atoms with van der Waals surface area (Å²) < 4.78 is 2.36. The third-order valence-corrected chi connectivity index (χ3v) is 10.7. The van der Waals surface area contributed by atoms with Gasteiger partial charge in [-0.05, 0) is 98.2 Å². The number of thioether (sulfide) groups is 1. The van der Waals surface area contributed by atoms with Gasteiger partial charge in [0.25, 0.3) is 0 Å². The van der Waals surface area contributed by atoms with Crippen LogP contribution >= 0.6 is 11.8 Å². The minimum Gasteiger partial charge on any atom is -0.508 e. The topological polar surface area (TPSA) is 61.5 Å². The molecular weight excluding hydrogens is 430 g/mol. The molecule has 3 fully saturated rings. The largest absolute Gasteiger partial charge is 0.508 e. The monoisotopic (exact) mass is 465 g/mol. The van der Waals surface area contributed by atoms with E-state index in [-0.39, 0.29) is 11.5 Å². The van der Waals surface area contributed by atoms with E-state index in [1.165, 1.54) is 59.6 Å². The third kappa shape index (κ3) is 2.96. The standard InChI is InChI=1S/C27H35N3O2S/c1-17-22-14-27(32)25-12-19-4-5-21(31)13-23(19)26(27,8-9-29(25)16-18-2-3-18)15-24(22)30(28-17)20-6-10-33-11-7-20/h4-5,13,18,20,25,31-32H,2-3,6-12,14-16H2,1H3/t25-,26-,27-/m1/s1. The lowest BCUT2D eigenvalue weighted by Crippen LogP contribution is -2.74. The van der Waals surface area contributed by atoms with Crippen LogP contribution in [0.3, 0.4) is 0 Å². The number of aliphatic hydroxyl groups is 1. The van der Waals surface area contributed by atoms with Gasteiger partial charge in [-0.3, -0.25) is 9.58 Å². The number of rotatable bonds is 3. The maximum Gasteiger partial charge on any atom is 0.115 e. The Hall–Kier alpha value is -1.50. The van der Waals surface area contributed by atoms with Crippen molar-refractivity contribution in [3.8, 4) is 5.75 Å². The SMILES string of the molecule is Cc1nn(C2CCSCC2)c2c1C[C@@]1(O)[C@H]3Cc4ccc(O)cc4[C@@]1(CCN3CC1CC1)C2. The molecule has 6 heteroatoms. The maximum absolute atomic E-state index is 12.7. The fourth-order valence-electron chi connectivity index (χ4n) is 7.70. The highest BCUT2D eigenvalue weighted by molar-refractivity contribution is 7.99. The van der Waals surface area contributed by atoms with Gasteiger partial charge < -0.3 is 10.2 Å². The quantitative estimate of drug-likeness (QED) is 0.723. The summed E-state index contributed by atoms with van der Waals surface area (Å²) >= 11 is 2.06. The Bertz CT molecular complexity index is 1110. The van der Waals surface area contributed by atoms with Crippen LogP contribution in [0.4, 0.5) is 0 Å². The Balaban J connectivity index is 1.39.